The van der Waals surface area contributed by atoms with Crippen LogP contribution in [0, 0.1) is 17.0 Å². The minimum Gasteiger partial charge on any atom is -0.493 e. The molecule has 1 fully saturated rings. The molecule has 1 aliphatic rings. The molecule has 1 aliphatic heterocycles. The zero-order valence-corrected chi connectivity index (χ0v) is 18.3. The summed E-state index contributed by atoms with van der Waals surface area (Å²) in [5, 5.41) is 11.2. The summed E-state index contributed by atoms with van der Waals surface area (Å²) in [5.41, 5.74) is 1.46. The third-order valence-corrected chi connectivity index (χ3v) is 5.52. The molecule has 0 bridgehead atoms. The number of carbonyl (C=O) groups excluding carboxylic acids is 2. The minimum absolute atomic E-state index is 0.121. The molecule has 0 N–H and O–H groups in total. The van der Waals surface area contributed by atoms with Crippen molar-refractivity contribution in [3.05, 3.63) is 63.2 Å². The normalized spacial score (nSPS) is 15.3. The van der Waals surface area contributed by atoms with E-state index in [4.69, 9.17) is 14.2 Å². The average molecular weight is 442 g/mol. The summed E-state index contributed by atoms with van der Waals surface area (Å²) < 4.78 is 15.9. The summed E-state index contributed by atoms with van der Waals surface area (Å²) in [5.74, 6) is 0.325. The number of rotatable bonds is 8. The molecule has 1 atom stereocenters. The Morgan fingerprint density at radius 3 is 2.56 bits per heavy atom. The number of nitro benzene ring substituents is 1. The Labute approximate surface area is 186 Å². The standard InChI is InChI=1S/C23H26N2O7/c1-15-6-8-17(14-19(15)25(28)29)22(26)24-11-4-5-18(24)23(27)32-12-10-16-7-9-20(30-2)21(13-16)31-3/h6-9,13-14,18H,4-5,10-12H2,1-3H3/t18-/m0/s1. The number of nitrogens with zero attached hydrogens (tertiary/aromatic N) is 2. The number of hydrogen-bond acceptors (Lipinski definition) is 7. The fraction of sp³-hybridized carbons (Fsp3) is 0.391. The predicted molar refractivity (Wildman–Crippen MR) is 116 cm³/mol. The highest BCUT2D eigenvalue weighted by molar-refractivity contribution is 5.97. The third kappa shape index (κ3) is 4.99. The van der Waals surface area contributed by atoms with Crippen molar-refractivity contribution in [1.82, 2.24) is 4.90 Å². The summed E-state index contributed by atoms with van der Waals surface area (Å²) in [6, 6.07) is 9.12. The second kappa shape index (κ2) is 10.1. The number of benzene rings is 2. The zero-order valence-electron chi connectivity index (χ0n) is 18.3. The highest BCUT2D eigenvalue weighted by Crippen LogP contribution is 2.28. The Morgan fingerprint density at radius 2 is 1.88 bits per heavy atom. The first-order valence-electron chi connectivity index (χ1n) is 10.3. The number of ether oxygens (including phenoxy) is 3. The lowest BCUT2D eigenvalue weighted by Crippen LogP contribution is -2.41. The van der Waals surface area contributed by atoms with Crippen LogP contribution in [-0.4, -0.2) is 55.1 Å². The first kappa shape index (κ1) is 23.1. The van der Waals surface area contributed by atoms with Gasteiger partial charge >= 0.3 is 5.97 Å². The molecule has 0 radical (unpaired) electrons. The summed E-state index contributed by atoms with van der Waals surface area (Å²) in [7, 11) is 3.11. The molecule has 32 heavy (non-hydrogen) atoms. The van der Waals surface area contributed by atoms with Gasteiger partial charge in [0.15, 0.2) is 11.5 Å². The lowest BCUT2D eigenvalue weighted by Gasteiger charge is -2.23. The summed E-state index contributed by atoms with van der Waals surface area (Å²) in [6.45, 7) is 2.17. The zero-order chi connectivity index (χ0) is 23.3. The van der Waals surface area contributed by atoms with Gasteiger partial charge in [0.2, 0.25) is 0 Å². The van der Waals surface area contributed by atoms with Crippen LogP contribution in [0.4, 0.5) is 5.69 Å². The molecule has 1 heterocycles. The molecular weight excluding hydrogens is 416 g/mol. The van der Waals surface area contributed by atoms with E-state index >= 15 is 0 Å². The van der Waals surface area contributed by atoms with Gasteiger partial charge in [-0.2, -0.15) is 0 Å². The smallest absolute Gasteiger partial charge is 0.328 e. The molecule has 1 saturated heterocycles. The molecule has 9 nitrogen and oxygen atoms in total. The first-order chi connectivity index (χ1) is 15.3. The van der Waals surface area contributed by atoms with Crippen LogP contribution in [0.3, 0.4) is 0 Å². The third-order valence-electron chi connectivity index (χ3n) is 5.52. The Kier molecular flexibility index (Phi) is 7.29. The summed E-state index contributed by atoms with van der Waals surface area (Å²) in [4.78, 5) is 37.7. The van der Waals surface area contributed by atoms with Crippen LogP contribution in [0.25, 0.3) is 0 Å². The molecule has 2 aromatic rings. The van der Waals surface area contributed by atoms with E-state index in [0.717, 1.165) is 5.56 Å². The number of hydrogen-bond donors (Lipinski definition) is 0. The minimum atomic E-state index is -0.701. The van der Waals surface area contributed by atoms with E-state index in [0.29, 0.717) is 42.9 Å². The molecule has 9 heteroatoms. The van der Waals surface area contributed by atoms with E-state index in [-0.39, 0.29) is 17.9 Å². The van der Waals surface area contributed by atoms with Crippen molar-refractivity contribution < 1.29 is 28.7 Å². The lowest BCUT2D eigenvalue weighted by atomic mass is 10.1. The van der Waals surface area contributed by atoms with Crippen molar-refractivity contribution in [3.63, 3.8) is 0 Å². The van der Waals surface area contributed by atoms with Crippen LogP contribution in [0.1, 0.15) is 34.3 Å². The topological polar surface area (TPSA) is 108 Å². The molecule has 1 amide bonds. The fourth-order valence-electron chi connectivity index (χ4n) is 3.76. The van der Waals surface area contributed by atoms with Crippen molar-refractivity contribution >= 4 is 17.6 Å². The molecule has 0 aromatic heterocycles. The average Bonchev–Trinajstić information content (AvgIpc) is 3.28. The van der Waals surface area contributed by atoms with Gasteiger partial charge < -0.3 is 19.1 Å². The number of amides is 1. The molecular formula is C23H26N2O7. The SMILES string of the molecule is COc1ccc(CCOC(=O)[C@@H]2CCCN2C(=O)c2ccc(C)c([N+](=O)[O-])c2)cc1OC. The van der Waals surface area contributed by atoms with E-state index < -0.39 is 22.8 Å². The van der Waals surface area contributed by atoms with E-state index in [2.05, 4.69) is 0 Å². The maximum absolute atomic E-state index is 12.9. The molecule has 3 rings (SSSR count). The Bertz CT molecular complexity index is 1020. The number of methoxy groups -OCH3 is 2. The highest BCUT2D eigenvalue weighted by Gasteiger charge is 2.36. The number of aryl methyl sites for hydroxylation is 1. The first-order valence-corrected chi connectivity index (χ1v) is 10.3. The van der Waals surface area contributed by atoms with Gasteiger partial charge in [-0.1, -0.05) is 12.1 Å². The van der Waals surface area contributed by atoms with Gasteiger partial charge in [-0.25, -0.2) is 4.79 Å². The molecule has 2 aromatic carbocycles. The van der Waals surface area contributed by atoms with Crippen molar-refractivity contribution in [2.24, 2.45) is 0 Å². The Morgan fingerprint density at radius 1 is 1.12 bits per heavy atom. The highest BCUT2D eigenvalue weighted by atomic mass is 16.6. The molecule has 0 aliphatic carbocycles. The monoisotopic (exact) mass is 442 g/mol. The molecule has 0 spiro atoms. The van der Waals surface area contributed by atoms with Crippen LogP contribution >= 0.6 is 0 Å². The molecule has 170 valence electrons. The molecule has 0 unspecified atom stereocenters. The van der Waals surface area contributed by atoms with Gasteiger partial charge in [0.1, 0.15) is 6.04 Å². The number of likely N-dealkylation sites (tertiary alicyclic amines) is 1. The van der Waals surface area contributed by atoms with E-state index in [1.54, 1.807) is 33.3 Å². The van der Waals surface area contributed by atoms with Gasteiger partial charge in [-0.05, 0) is 43.5 Å². The predicted octanol–water partition coefficient (Wildman–Crippen LogP) is 3.31. The van der Waals surface area contributed by atoms with Crippen molar-refractivity contribution in [3.8, 4) is 11.5 Å². The van der Waals surface area contributed by atoms with Crippen molar-refractivity contribution in [2.45, 2.75) is 32.2 Å². The van der Waals surface area contributed by atoms with Gasteiger partial charge in [0.05, 0.1) is 25.7 Å². The number of carbonyl (C=O) groups is 2. The van der Waals surface area contributed by atoms with Crippen LogP contribution < -0.4 is 9.47 Å². The van der Waals surface area contributed by atoms with Crippen LogP contribution in [-0.2, 0) is 16.0 Å². The summed E-state index contributed by atoms with van der Waals surface area (Å²) in [6.07, 6.45) is 1.64. The number of esters is 1. The fourth-order valence-corrected chi connectivity index (χ4v) is 3.76. The largest absolute Gasteiger partial charge is 0.493 e. The van der Waals surface area contributed by atoms with Gasteiger partial charge in [-0.3, -0.25) is 14.9 Å². The maximum atomic E-state index is 12.9. The van der Waals surface area contributed by atoms with Crippen LogP contribution in [0.5, 0.6) is 11.5 Å². The van der Waals surface area contributed by atoms with Gasteiger partial charge in [0.25, 0.3) is 11.6 Å². The van der Waals surface area contributed by atoms with Crippen LogP contribution in [0.15, 0.2) is 36.4 Å². The quantitative estimate of drug-likeness (QED) is 0.351. The van der Waals surface area contributed by atoms with Crippen molar-refractivity contribution in [1.29, 1.82) is 0 Å². The van der Waals surface area contributed by atoms with Gasteiger partial charge in [-0.15, -0.1) is 0 Å². The maximum Gasteiger partial charge on any atom is 0.328 e. The van der Waals surface area contributed by atoms with Crippen molar-refractivity contribution in [2.75, 3.05) is 27.4 Å². The Balaban J connectivity index is 1.62. The Hall–Kier alpha value is -3.62. The summed E-state index contributed by atoms with van der Waals surface area (Å²) >= 11 is 0. The second-order valence-corrected chi connectivity index (χ2v) is 7.52. The lowest BCUT2D eigenvalue weighted by molar-refractivity contribution is -0.385. The van der Waals surface area contributed by atoms with Crippen LogP contribution in [0.2, 0.25) is 0 Å². The molecule has 0 saturated carbocycles. The van der Waals surface area contributed by atoms with E-state index in [9.17, 15) is 19.7 Å². The van der Waals surface area contributed by atoms with E-state index in [1.165, 1.54) is 17.0 Å². The second-order valence-electron chi connectivity index (χ2n) is 7.52. The van der Waals surface area contributed by atoms with E-state index in [1.807, 2.05) is 12.1 Å². The number of nitro groups is 1. The van der Waals surface area contributed by atoms with Gasteiger partial charge in [0, 0.05) is 30.2 Å².